The Morgan fingerprint density at radius 3 is 2.44 bits per heavy atom. The monoisotopic (exact) mass is 124 g/mol. The number of aromatic nitrogens is 1. The molecule has 0 aliphatic rings. The second-order valence-electron chi connectivity index (χ2n) is 2.01. The topological polar surface area (TPSA) is 66.2 Å². The molecule has 3 nitrogen and oxygen atoms in total. The molecule has 1 aromatic heterocycles. The second kappa shape index (κ2) is 1.93. The Balaban J connectivity index is 3.17. The van der Waals surface area contributed by atoms with Gasteiger partial charge < -0.3 is 5.73 Å². The van der Waals surface area contributed by atoms with E-state index in [-0.39, 0.29) is 0 Å². The van der Waals surface area contributed by atoms with Gasteiger partial charge in [-0.25, -0.2) is 4.98 Å². The van der Waals surface area contributed by atoms with E-state index in [1.807, 2.05) is 13.0 Å². The van der Waals surface area contributed by atoms with Crippen LogP contribution in [-0.4, -0.2) is 0 Å². The van der Waals surface area contributed by atoms with Crippen molar-refractivity contribution in [1.29, 1.82) is 0 Å². The summed E-state index contributed by atoms with van der Waals surface area (Å²) in [7, 11) is 0. The largest absolute Gasteiger partial charge is 0.392 e. The number of hydrogen-bond donors (Lipinski definition) is 2. The molecule has 0 aliphatic heterocycles. The molecular formula is C6H10N3+. The van der Waals surface area contributed by atoms with Gasteiger partial charge in [0.15, 0.2) is 0 Å². The van der Waals surface area contributed by atoms with Crippen LogP contribution in [0.3, 0.4) is 0 Å². The summed E-state index contributed by atoms with van der Waals surface area (Å²) >= 11 is 0. The van der Waals surface area contributed by atoms with Crippen LogP contribution >= 0.6 is 0 Å². The second-order valence-corrected chi connectivity index (χ2v) is 2.01. The standard InChI is InChI=1S/C6H9N3/c1-4-2-3-5(7)6(8)9-4/h2-3H,7H2,1H3,(H2,8,9)/p+1. The number of anilines is 2. The molecule has 3 heteroatoms. The number of hydrogen-bond acceptors (Lipinski definition) is 2. The molecular weight excluding hydrogens is 114 g/mol. The van der Waals surface area contributed by atoms with E-state index in [4.69, 9.17) is 11.5 Å². The Kier molecular flexibility index (Phi) is 1.26. The minimum absolute atomic E-state index is 0.537. The van der Waals surface area contributed by atoms with E-state index in [0.717, 1.165) is 5.69 Å². The predicted octanol–water partition coefficient (Wildman–Crippen LogP) is -0.0265. The van der Waals surface area contributed by atoms with Crippen LogP contribution in [0.15, 0.2) is 12.1 Å². The van der Waals surface area contributed by atoms with Crippen LogP contribution in [0.4, 0.5) is 11.5 Å². The number of rotatable bonds is 0. The summed E-state index contributed by atoms with van der Waals surface area (Å²) in [5.41, 5.74) is 12.5. The van der Waals surface area contributed by atoms with Crippen LogP contribution in [0, 0.1) is 6.92 Å². The van der Waals surface area contributed by atoms with Gasteiger partial charge in [-0.05, 0) is 19.1 Å². The van der Waals surface area contributed by atoms with E-state index in [2.05, 4.69) is 4.98 Å². The van der Waals surface area contributed by atoms with Gasteiger partial charge in [0.05, 0.1) is 5.69 Å². The first-order chi connectivity index (χ1) is 4.20. The third kappa shape index (κ3) is 1.10. The summed E-state index contributed by atoms with van der Waals surface area (Å²) in [5, 5.41) is 0. The molecule has 0 atom stereocenters. The maximum absolute atomic E-state index is 5.44. The van der Waals surface area contributed by atoms with Gasteiger partial charge in [0.1, 0.15) is 5.69 Å². The number of pyridine rings is 1. The van der Waals surface area contributed by atoms with Gasteiger partial charge in [0.2, 0.25) is 0 Å². The van der Waals surface area contributed by atoms with E-state index < -0.39 is 0 Å². The van der Waals surface area contributed by atoms with Crippen molar-refractivity contribution in [3.8, 4) is 0 Å². The van der Waals surface area contributed by atoms with E-state index in [9.17, 15) is 0 Å². The highest BCUT2D eigenvalue weighted by Gasteiger charge is 1.98. The number of nitrogens with one attached hydrogen (secondary N) is 1. The summed E-state index contributed by atoms with van der Waals surface area (Å²) in [6.07, 6.45) is 0. The molecule has 0 spiro atoms. The first kappa shape index (κ1) is 5.88. The Labute approximate surface area is 53.7 Å². The molecule has 1 aromatic rings. The van der Waals surface area contributed by atoms with Crippen molar-refractivity contribution in [2.24, 2.45) is 0 Å². The van der Waals surface area contributed by atoms with Crippen molar-refractivity contribution < 1.29 is 4.98 Å². The summed E-state index contributed by atoms with van der Waals surface area (Å²) in [4.78, 5) is 2.89. The maximum Gasteiger partial charge on any atom is 0.293 e. The van der Waals surface area contributed by atoms with Crippen LogP contribution in [0.5, 0.6) is 0 Å². The summed E-state index contributed by atoms with van der Waals surface area (Å²) in [6, 6.07) is 3.66. The van der Waals surface area contributed by atoms with Crippen LogP contribution < -0.4 is 16.5 Å². The smallest absolute Gasteiger partial charge is 0.293 e. The highest BCUT2D eigenvalue weighted by atomic mass is 14.9. The lowest BCUT2D eigenvalue weighted by molar-refractivity contribution is -0.369. The zero-order valence-corrected chi connectivity index (χ0v) is 5.31. The molecule has 0 radical (unpaired) electrons. The zero-order valence-electron chi connectivity index (χ0n) is 5.31. The Hall–Kier alpha value is -1.25. The molecule has 9 heavy (non-hydrogen) atoms. The predicted molar refractivity (Wildman–Crippen MR) is 36.6 cm³/mol. The zero-order chi connectivity index (χ0) is 6.85. The van der Waals surface area contributed by atoms with Crippen molar-refractivity contribution >= 4 is 11.5 Å². The molecule has 1 heterocycles. The highest BCUT2D eigenvalue weighted by molar-refractivity contribution is 5.53. The molecule has 1 rings (SSSR count). The third-order valence-electron chi connectivity index (χ3n) is 1.16. The van der Waals surface area contributed by atoms with Gasteiger partial charge >= 0.3 is 0 Å². The summed E-state index contributed by atoms with van der Waals surface area (Å²) in [6.45, 7) is 1.93. The Morgan fingerprint density at radius 2 is 2.00 bits per heavy atom. The average Bonchev–Trinajstić information content (AvgIpc) is 1.80. The van der Waals surface area contributed by atoms with E-state index >= 15 is 0 Å². The minimum atomic E-state index is 0.537. The van der Waals surface area contributed by atoms with Crippen molar-refractivity contribution in [1.82, 2.24) is 0 Å². The number of nitrogen functional groups attached to an aromatic ring is 2. The van der Waals surface area contributed by atoms with Gasteiger partial charge in [-0.15, -0.1) is 0 Å². The molecule has 0 saturated carbocycles. The van der Waals surface area contributed by atoms with Crippen LogP contribution in [-0.2, 0) is 0 Å². The van der Waals surface area contributed by atoms with Gasteiger partial charge in [-0.1, -0.05) is 0 Å². The van der Waals surface area contributed by atoms with Crippen molar-refractivity contribution in [2.75, 3.05) is 11.5 Å². The van der Waals surface area contributed by atoms with E-state index in [1.54, 1.807) is 6.07 Å². The van der Waals surface area contributed by atoms with Crippen LogP contribution in [0.2, 0.25) is 0 Å². The first-order valence-electron chi connectivity index (χ1n) is 2.74. The Morgan fingerprint density at radius 1 is 1.33 bits per heavy atom. The maximum atomic E-state index is 5.44. The van der Waals surface area contributed by atoms with Crippen molar-refractivity contribution in [3.05, 3.63) is 17.8 Å². The summed E-state index contributed by atoms with van der Waals surface area (Å²) in [5.74, 6) is 0.537. The SMILES string of the molecule is Cc1ccc(N)c(N)[nH+]1. The number of aryl methyl sites for hydroxylation is 1. The molecule has 0 amide bonds. The first-order valence-corrected chi connectivity index (χ1v) is 2.74. The molecule has 48 valence electrons. The lowest BCUT2D eigenvalue weighted by Gasteiger charge is -1.92. The van der Waals surface area contributed by atoms with E-state index in [1.165, 1.54) is 0 Å². The number of H-pyrrole nitrogens is 1. The Bertz CT molecular complexity index is 220. The van der Waals surface area contributed by atoms with Crippen LogP contribution in [0.1, 0.15) is 5.69 Å². The molecule has 0 unspecified atom stereocenters. The quantitative estimate of drug-likeness (QED) is 0.510. The molecule has 0 saturated heterocycles. The average molecular weight is 124 g/mol. The lowest BCUT2D eigenvalue weighted by Crippen LogP contribution is -2.15. The molecule has 0 aliphatic carbocycles. The lowest BCUT2D eigenvalue weighted by atomic mass is 10.3. The van der Waals surface area contributed by atoms with Crippen molar-refractivity contribution in [2.45, 2.75) is 6.92 Å². The van der Waals surface area contributed by atoms with Gasteiger partial charge in [0.25, 0.3) is 5.82 Å². The van der Waals surface area contributed by atoms with Crippen LogP contribution in [0.25, 0.3) is 0 Å². The fourth-order valence-corrected chi connectivity index (χ4v) is 0.631. The normalized spacial score (nSPS) is 9.44. The molecule has 0 aromatic carbocycles. The van der Waals surface area contributed by atoms with Crippen molar-refractivity contribution in [3.63, 3.8) is 0 Å². The van der Waals surface area contributed by atoms with Gasteiger partial charge in [-0.3, -0.25) is 5.73 Å². The highest BCUT2D eigenvalue weighted by Crippen LogP contribution is 2.05. The number of nitrogens with two attached hydrogens (primary N) is 2. The minimum Gasteiger partial charge on any atom is -0.392 e. The molecule has 0 bridgehead atoms. The molecule has 5 N–H and O–H groups in total. The fraction of sp³-hybridized carbons (Fsp3) is 0.167. The molecule has 0 fully saturated rings. The number of aromatic amines is 1. The van der Waals surface area contributed by atoms with E-state index in [0.29, 0.717) is 11.5 Å². The fourth-order valence-electron chi connectivity index (χ4n) is 0.631. The third-order valence-corrected chi connectivity index (χ3v) is 1.16. The van der Waals surface area contributed by atoms with Gasteiger partial charge in [0, 0.05) is 0 Å². The summed E-state index contributed by atoms with van der Waals surface area (Å²) < 4.78 is 0. The van der Waals surface area contributed by atoms with Gasteiger partial charge in [-0.2, -0.15) is 0 Å².